The highest BCUT2D eigenvalue weighted by Crippen LogP contribution is 2.27. The van der Waals surface area contributed by atoms with Crippen LogP contribution < -0.4 is 5.32 Å². The third-order valence-electron chi connectivity index (χ3n) is 4.73. The number of aryl methyl sites for hydroxylation is 1. The largest absolute Gasteiger partial charge is 0.381 e. The van der Waals surface area contributed by atoms with Crippen LogP contribution in [0.2, 0.25) is 0 Å². The molecular weight excluding hydrogens is 368 g/mol. The van der Waals surface area contributed by atoms with Crippen molar-refractivity contribution in [1.82, 2.24) is 19.4 Å². The molecule has 28 heavy (non-hydrogen) atoms. The minimum absolute atomic E-state index is 0.0517. The summed E-state index contributed by atoms with van der Waals surface area (Å²) in [5, 5.41) is 2.52. The van der Waals surface area contributed by atoms with Crippen LogP contribution in [0.4, 0.5) is 14.6 Å². The molecule has 4 heterocycles. The molecule has 0 radical (unpaired) electrons. The quantitative estimate of drug-likeness (QED) is 0.741. The van der Waals surface area contributed by atoms with Crippen LogP contribution in [0.25, 0.3) is 5.65 Å². The van der Waals surface area contributed by atoms with Crippen molar-refractivity contribution < 1.29 is 18.3 Å². The lowest BCUT2D eigenvalue weighted by atomic mass is 9.97. The van der Waals surface area contributed by atoms with Crippen molar-refractivity contribution in [2.45, 2.75) is 32.1 Å². The van der Waals surface area contributed by atoms with Crippen LogP contribution >= 0.6 is 0 Å². The first-order valence-electron chi connectivity index (χ1n) is 9.01. The van der Waals surface area contributed by atoms with Gasteiger partial charge in [0, 0.05) is 31.5 Å². The van der Waals surface area contributed by atoms with E-state index in [4.69, 9.17) is 4.74 Å². The van der Waals surface area contributed by atoms with Crippen molar-refractivity contribution in [3.63, 3.8) is 0 Å². The summed E-state index contributed by atoms with van der Waals surface area (Å²) in [5.41, 5.74) is 2.02. The molecule has 0 unspecified atom stereocenters. The van der Waals surface area contributed by atoms with Gasteiger partial charge in [0.15, 0.2) is 5.65 Å². The molecule has 1 saturated heterocycles. The van der Waals surface area contributed by atoms with Gasteiger partial charge >= 0.3 is 0 Å². The summed E-state index contributed by atoms with van der Waals surface area (Å²) in [6, 6.07) is 4.08. The maximum absolute atomic E-state index is 12.8. The predicted molar refractivity (Wildman–Crippen MR) is 97.7 cm³/mol. The number of carbonyl (C=O) groups is 1. The Morgan fingerprint density at radius 3 is 2.75 bits per heavy atom. The number of ether oxygens (including phenoxy) is 1. The van der Waals surface area contributed by atoms with Crippen molar-refractivity contribution in [2.24, 2.45) is 0 Å². The van der Waals surface area contributed by atoms with Crippen LogP contribution in [0, 0.1) is 6.92 Å². The number of nitrogens with one attached hydrogen (secondary N) is 1. The van der Waals surface area contributed by atoms with E-state index < -0.39 is 18.0 Å². The van der Waals surface area contributed by atoms with Gasteiger partial charge in [0.2, 0.25) is 0 Å². The predicted octanol–water partition coefficient (Wildman–Crippen LogP) is 3.52. The highest BCUT2D eigenvalue weighted by molar-refractivity contribution is 6.02. The zero-order valence-corrected chi connectivity index (χ0v) is 15.2. The molecule has 0 bridgehead atoms. The number of aromatic nitrogens is 4. The average molecular weight is 387 g/mol. The summed E-state index contributed by atoms with van der Waals surface area (Å²) in [7, 11) is 0. The maximum Gasteiger partial charge on any atom is 0.280 e. The molecule has 0 aromatic carbocycles. The standard InChI is InChI=1S/C19H19F2N5O2/c1-11-18-24-14(12-5-7-28-8-6-12)9-26(18)10-15(22-11)19(27)25-16-4-2-3-13(23-16)17(20)21/h2-4,9-10,12,17H,5-8H2,1H3,(H,23,25,27). The number of alkyl halides is 2. The van der Waals surface area contributed by atoms with E-state index >= 15 is 0 Å². The van der Waals surface area contributed by atoms with Crippen molar-refractivity contribution in [3.05, 3.63) is 53.4 Å². The molecule has 9 heteroatoms. The van der Waals surface area contributed by atoms with Crippen molar-refractivity contribution in [1.29, 1.82) is 0 Å². The lowest BCUT2D eigenvalue weighted by Crippen LogP contribution is -2.16. The lowest BCUT2D eigenvalue weighted by molar-refractivity contribution is 0.0846. The first-order chi connectivity index (χ1) is 13.5. The van der Waals surface area contributed by atoms with E-state index in [-0.39, 0.29) is 11.5 Å². The molecule has 0 aliphatic carbocycles. The first-order valence-corrected chi connectivity index (χ1v) is 9.01. The monoisotopic (exact) mass is 387 g/mol. The Morgan fingerprint density at radius 1 is 1.21 bits per heavy atom. The zero-order valence-electron chi connectivity index (χ0n) is 15.2. The molecule has 0 spiro atoms. The van der Waals surface area contributed by atoms with Crippen LogP contribution in [0.3, 0.4) is 0 Å². The Morgan fingerprint density at radius 2 is 2.00 bits per heavy atom. The van der Waals surface area contributed by atoms with E-state index in [1.54, 1.807) is 17.5 Å². The fraction of sp³-hybridized carbons (Fsp3) is 0.368. The normalized spacial score (nSPS) is 15.3. The van der Waals surface area contributed by atoms with Crippen molar-refractivity contribution >= 4 is 17.4 Å². The summed E-state index contributed by atoms with van der Waals surface area (Å²) in [6.07, 6.45) is 2.62. The van der Waals surface area contributed by atoms with Crippen LogP contribution in [0.15, 0.2) is 30.6 Å². The number of carbonyl (C=O) groups excluding carboxylic acids is 1. The number of anilines is 1. The Bertz CT molecular complexity index is 1010. The van der Waals surface area contributed by atoms with Crippen LogP contribution in [0.5, 0.6) is 0 Å². The van der Waals surface area contributed by atoms with Crippen molar-refractivity contribution in [2.75, 3.05) is 18.5 Å². The molecule has 146 valence electrons. The first kappa shape index (κ1) is 18.4. The van der Waals surface area contributed by atoms with E-state index in [0.717, 1.165) is 18.5 Å². The summed E-state index contributed by atoms with van der Waals surface area (Å²) < 4.78 is 32.7. The molecule has 1 aliphatic heterocycles. The topological polar surface area (TPSA) is 81.4 Å². The number of nitrogens with zero attached hydrogens (tertiary/aromatic N) is 4. The van der Waals surface area contributed by atoms with Gasteiger partial charge in [-0.05, 0) is 31.9 Å². The third-order valence-corrected chi connectivity index (χ3v) is 4.73. The molecule has 7 nitrogen and oxygen atoms in total. The number of rotatable bonds is 4. The number of imidazole rings is 1. The molecule has 3 aromatic rings. The van der Waals surface area contributed by atoms with Gasteiger partial charge in [0.05, 0.1) is 11.4 Å². The van der Waals surface area contributed by atoms with Crippen LogP contribution in [0.1, 0.15) is 52.8 Å². The molecule has 0 atom stereocenters. The second kappa shape index (κ2) is 7.59. The van der Waals surface area contributed by atoms with Gasteiger partial charge in [-0.2, -0.15) is 0 Å². The molecular formula is C19H19F2N5O2. The number of halogens is 2. The van der Waals surface area contributed by atoms with Gasteiger partial charge in [-0.25, -0.2) is 23.7 Å². The number of fused-ring (bicyclic) bond motifs is 1. The Kier molecular flexibility index (Phi) is 4.99. The number of amides is 1. The molecule has 0 saturated carbocycles. The molecule has 1 aliphatic rings. The second-order valence-corrected chi connectivity index (χ2v) is 6.70. The number of pyridine rings is 1. The Labute approximate surface area is 159 Å². The van der Waals surface area contributed by atoms with E-state index in [9.17, 15) is 13.6 Å². The van der Waals surface area contributed by atoms with Gasteiger partial charge in [0.1, 0.15) is 17.2 Å². The minimum Gasteiger partial charge on any atom is -0.381 e. The number of hydrogen-bond acceptors (Lipinski definition) is 5. The molecule has 1 amide bonds. The van der Waals surface area contributed by atoms with Gasteiger partial charge in [-0.15, -0.1) is 0 Å². The Balaban J connectivity index is 1.59. The van der Waals surface area contributed by atoms with E-state index in [1.807, 2.05) is 6.20 Å². The Hall–Kier alpha value is -2.94. The summed E-state index contributed by atoms with van der Waals surface area (Å²) in [6.45, 7) is 3.21. The average Bonchev–Trinajstić information content (AvgIpc) is 3.14. The van der Waals surface area contributed by atoms with Gasteiger partial charge in [-0.3, -0.25) is 4.79 Å². The number of hydrogen-bond donors (Lipinski definition) is 1. The highest BCUT2D eigenvalue weighted by atomic mass is 19.3. The maximum atomic E-state index is 12.8. The van der Waals surface area contributed by atoms with Gasteiger partial charge < -0.3 is 14.5 Å². The summed E-state index contributed by atoms with van der Waals surface area (Å²) in [5.74, 6) is -0.146. The van der Waals surface area contributed by atoms with Gasteiger partial charge in [-0.1, -0.05) is 6.07 Å². The molecule has 1 N–H and O–H groups in total. The van der Waals surface area contributed by atoms with Crippen LogP contribution in [-0.2, 0) is 4.74 Å². The highest BCUT2D eigenvalue weighted by Gasteiger charge is 2.21. The zero-order chi connectivity index (χ0) is 19.7. The van der Waals surface area contributed by atoms with Crippen molar-refractivity contribution in [3.8, 4) is 0 Å². The fourth-order valence-electron chi connectivity index (χ4n) is 3.29. The van der Waals surface area contributed by atoms with E-state index in [0.29, 0.717) is 30.5 Å². The van der Waals surface area contributed by atoms with E-state index in [2.05, 4.69) is 20.3 Å². The smallest absolute Gasteiger partial charge is 0.280 e. The van der Waals surface area contributed by atoms with Crippen LogP contribution in [-0.4, -0.2) is 38.5 Å². The second-order valence-electron chi connectivity index (χ2n) is 6.70. The minimum atomic E-state index is -2.71. The SMILES string of the molecule is Cc1nc(C(=O)Nc2cccc(C(F)F)n2)cn2cc(C3CCOCC3)nc12. The van der Waals surface area contributed by atoms with Gasteiger partial charge in [0.25, 0.3) is 12.3 Å². The summed E-state index contributed by atoms with van der Waals surface area (Å²) in [4.78, 5) is 25.3. The lowest BCUT2D eigenvalue weighted by Gasteiger charge is -2.19. The summed E-state index contributed by atoms with van der Waals surface area (Å²) >= 11 is 0. The molecule has 3 aromatic heterocycles. The molecule has 4 rings (SSSR count). The molecule has 1 fully saturated rings. The fourth-order valence-corrected chi connectivity index (χ4v) is 3.29. The third kappa shape index (κ3) is 3.70. The van der Waals surface area contributed by atoms with E-state index in [1.165, 1.54) is 18.2 Å².